The second kappa shape index (κ2) is 8.63. The van der Waals surface area contributed by atoms with Crippen LogP contribution in [0.5, 0.6) is 0 Å². The molecule has 0 aliphatic heterocycles. The van der Waals surface area contributed by atoms with E-state index in [1.165, 1.54) is 25.3 Å². The van der Waals surface area contributed by atoms with E-state index in [9.17, 15) is 9.90 Å². The highest BCUT2D eigenvalue weighted by atomic mass is 16.3. The summed E-state index contributed by atoms with van der Waals surface area (Å²) in [5.74, 6) is 0.850. The third kappa shape index (κ3) is 4.91. The summed E-state index contributed by atoms with van der Waals surface area (Å²) in [5.41, 5.74) is 0.521. The van der Waals surface area contributed by atoms with Crippen LogP contribution in [0.3, 0.4) is 0 Å². The van der Waals surface area contributed by atoms with Crippen molar-refractivity contribution >= 4 is 11.6 Å². The van der Waals surface area contributed by atoms with E-state index in [1.54, 1.807) is 12.4 Å². The molecule has 1 unspecified atom stereocenters. The molecule has 22 heavy (non-hydrogen) atoms. The molecule has 2 N–H and O–H groups in total. The molecule has 1 fully saturated rings. The number of allylic oxidation sites excluding steroid dienone is 1. The molecule has 1 aliphatic carbocycles. The predicted octanol–water partition coefficient (Wildman–Crippen LogP) is 3.18. The second-order valence-electron chi connectivity index (χ2n) is 5.82. The Bertz CT molecular complexity index is 493. The summed E-state index contributed by atoms with van der Waals surface area (Å²) in [6.45, 7) is 2.04. The monoisotopic (exact) mass is 303 g/mol. The van der Waals surface area contributed by atoms with Gasteiger partial charge in [0.1, 0.15) is 5.82 Å². The zero-order valence-electron chi connectivity index (χ0n) is 13.2. The molecule has 1 aromatic heterocycles. The van der Waals surface area contributed by atoms with Crippen molar-refractivity contribution in [2.24, 2.45) is 0 Å². The first kappa shape index (κ1) is 16.6. The average molecular weight is 303 g/mol. The maximum atomic E-state index is 11.8. The van der Waals surface area contributed by atoms with Gasteiger partial charge >= 0.3 is 0 Å². The second-order valence-corrected chi connectivity index (χ2v) is 5.82. The molecule has 1 amide bonds. The van der Waals surface area contributed by atoms with Gasteiger partial charge in [-0.05, 0) is 19.3 Å². The first-order valence-electron chi connectivity index (χ1n) is 8.18. The number of anilines is 1. The van der Waals surface area contributed by atoms with E-state index in [0.717, 1.165) is 31.5 Å². The molecule has 0 bridgehead atoms. The van der Waals surface area contributed by atoms with Gasteiger partial charge in [-0.1, -0.05) is 44.8 Å². The fraction of sp³-hybridized carbons (Fsp3) is 0.588. The molecule has 0 radical (unpaired) electrons. The van der Waals surface area contributed by atoms with Crippen LogP contribution in [0.2, 0.25) is 0 Å². The molecule has 120 valence electrons. The molecular formula is C17H25N3O2. The van der Waals surface area contributed by atoms with Crippen LogP contribution in [0.25, 0.3) is 0 Å². The standard InChI is InChI=1S/C17H25N3O2/c1-2-3-5-10-15(21)17(22)20-14-11-18-16(19-12-14)13-8-6-4-7-9-13/h5,10-13,15,21H,2-4,6-9H2,1H3,(H,20,22)/b10-5+. The molecule has 5 heteroatoms. The minimum Gasteiger partial charge on any atom is -0.379 e. The van der Waals surface area contributed by atoms with E-state index in [-0.39, 0.29) is 0 Å². The van der Waals surface area contributed by atoms with Crippen LogP contribution in [0, 0.1) is 0 Å². The summed E-state index contributed by atoms with van der Waals surface area (Å²) in [7, 11) is 0. The number of hydrogen-bond donors (Lipinski definition) is 2. The third-order valence-corrected chi connectivity index (χ3v) is 3.95. The molecule has 0 aromatic carbocycles. The van der Waals surface area contributed by atoms with Gasteiger partial charge in [-0.2, -0.15) is 0 Å². The lowest BCUT2D eigenvalue weighted by atomic mass is 9.89. The fourth-order valence-electron chi connectivity index (χ4n) is 2.67. The molecule has 1 aromatic rings. The van der Waals surface area contributed by atoms with Crippen LogP contribution in [-0.4, -0.2) is 27.1 Å². The summed E-state index contributed by atoms with van der Waals surface area (Å²) < 4.78 is 0. The maximum absolute atomic E-state index is 11.8. The van der Waals surface area contributed by atoms with E-state index in [2.05, 4.69) is 15.3 Å². The number of nitrogens with one attached hydrogen (secondary N) is 1. The number of aromatic nitrogens is 2. The zero-order valence-corrected chi connectivity index (χ0v) is 13.2. The highest BCUT2D eigenvalue weighted by Gasteiger charge is 2.18. The van der Waals surface area contributed by atoms with Gasteiger partial charge in [0.2, 0.25) is 0 Å². The lowest BCUT2D eigenvalue weighted by molar-refractivity contribution is -0.121. The number of rotatable bonds is 6. The number of carbonyl (C=O) groups excluding carboxylic acids is 1. The van der Waals surface area contributed by atoms with Gasteiger partial charge in [0.25, 0.3) is 5.91 Å². The predicted molar refractivity (Wildman–Crippen MR) is 86.5 cm³/mol. The van der Waals surface area contributed by atoms with Crippen LogP contribution in [0.15, 0.2) is 24.5 Å². The van der Waals surface area contributed by atoms with Gasteiger partial charge in [0.15, 0.2) is 6.10 Å². The Morgan fingerprint density at radius 2 is 2.05 bits per heavy atom. The maximum Gasteiger partial charge on any atom is 0.257 e. The molecule has 0 spiro atoms. The third-order valence-electron chi connectivity index (χ3n) is 3.95. The van der Waals surface area contributed by atoms with Crippen LogP contribution >= 0.6 is 0 Å². The Hall–Kier alpha value is -1.75. The lowest BCUT2D eigenvalue weighted by Crippen LogP contribution is -2.26. The van der Waals surface area contributed by atoms with Crippen molar-refractivity contribution in [1.29, 1.82) is 0 Å². The van der Waals surface area contributed by atoms with Crippen molar-refractivity contribution in [2.45, 2.75) is 63.9 Å². The zero-order chi connectivity index (χ0) is 15.8. The molecule has 5 nitrogen and oxygen atoms in total. The van der Waals surface area contributed by atoms with Crippen LogP contribution < -0.4 is 5.32 Å². The minimum absolute atomic E-state index is 0.445. The number of unbranched alkanes of at least 4 members (excludes halogenated alkanes) is 1. The number of amides is 1. The Balaban J connectivity index is 1.88. The molecule has 1 saturated carbocycles. The van der Waals surface area contributed by atoms with Gasteiger partial charge in [0, 0.05) is 5.92 Å². The summed E-state index contributed by atoms with van der Waals surface area (Å²) in [6, 6.07) is 0. The van der Waals surface area contributed by atoms with E-state index in [4.69, 9.17) is 0 Å². The average Bonchev–Trinajstić information content (AvgIpc) is 2.56. The largest absolute Gasteiger partial charge is 0.379 e. The van der Waals surface area contributed by atoms with Gasteiger partial charge in [-0.25, -0.2) is 9.97 Å². The Labute approximate surface area is 131 Å². The molecule has 1 aliphatic rings. The van der Waals surface area contributed by atoms with Gasteiger partial charge in [0.05, 0.1) is 18.1 Å². The fourth-order valence-corrected chi connectivity index (χ4v) is 2.67. The van der Waals surface area contributed by atoms with Crippen LogP contribution in [0.4, 0.5) is 5.69 Å². The highest BCUT2D eigenvalue weighted by molar-refractivity contribution is 5.94. The van der Waals surface area contributed by atoms with Crippen molar-refractivity contribution in [3.05, 3.63) is 30.4 Å². The molecular weight excluding hydrogens is 278 g/mol. The first-order chi connectivity index (χ1) is 10.7. The van der Waals surface area contributed by atoms with Crippen molar-refractivity contribution in [1.82, 2.24) is 9.97 Å². The van der Waals surface area contributed by atoms with Crippen molar-refractivity contribution < 1.29 is 9.90 Å². The van der Waals surface area contributed by atoms with Gasteiger partial charge in [-0.3, -0.25) is 4.79 Å². The normalized spacial score (nSPS) is 17.5. The smallest absolute Gasteiger partial charge is 0.257 e. The number of carbonyl (C=O) groups is 1. The minimum atomic E-state index is -1.13. The highest BCUT2D eigenvalue weighted by Crippen LogP contribution is 2.30. The van der Waals surface area contributed by atoms with Gasteiger partial charge in [-0.15, -0.1) is 0 Å². The van der Waals surface area contributed by atoms with Crippen LogP contribution in [0.1, 0.15) is 63.6 Å². The first-order valence-corrected chi connectivity index (χ1v) is 8.18. The van der Waals surface area contributed by atoms with Crippen LogP contribution in [-0.2, 0) is 4.79 Å². The number of aliphatic hydroxyl groups excluding tert-OH is 1. The Morgan fingerprint density at radius 1 is 1.36 bits per heavy atom. The Kier molecular flexibility index (Phi) is 6.52. The van der Waals surface area contributed by atoms with Crippen molar-refractivity contribution in [2.75, 3.05) is 5.32 Å². The number of nitrogens with zero attached hydrogens (tertiary/aromatic N) is 2. The molecule has 2 rings (SSSR count). The molecule has 1 atom stereocenters. The van der Waals surface area contributed by atoms with E-state index >= 15 is 0 Å². The quantitative estimate of drug-likeness (QED) is 0.791. The summed E-state index contributed by atoms with van der Waals surface area (Å²) in [4.78, 5) is 20.6. The summed E-state index contributed by atoms with van der Waals surface area (Å²) >= 11 is 0. The topological polar surface area (TPSA) is 75.1 Å². The number of aliphatic hydroxyl groups is 1. The lowest BCUT2D eigenvalue weighted by Gasteiger charge is -2.20. The molecule has 0 saturated heterocycles. The summed E-state index contributed by atoms with van der Waals surface area (Å²) in [6.07, 6.45) is 13.3. The van der Waals surface area contributed by atoms with E-state index < -0.39 is 12.0 Å². The van der Waals surface area contributed by atoms with E-state index in [1.807, 2.05) is 13.0 Å². The van der Waals surface area contributed by atoms with Crippen molar-refractivity contribution in [3.8, 4) is 0 Å². The van der Waals surface area contributed by atoms with Gasteiger partial charge < -0.3 is 10.4 Å². The summed E-state index contributed by atoms with van der Waals surface area (Å²) in [5, 5.41) is 12.4. The SMILES string of the molecule is CCC/C=C/C(O)C(=O)Nc1cnc(C2CCCCC2)nc1. The van der Waals surface area contributed by atoms with Crippen molar-refractivity contribution in [3.63, 3.8) is 0 Å². The Morgan fingerprint density at radius 3 is 2.68 bits per heavy atom. The number of hydrogen-bond acceptors (Lipinski definition) is 4. The molecule has 1 heterocycles. The van der Waals surface area contributed by atoms with E-state index in [0.29, 0.717) is 11.6 Å².